The van der Waals surface area contributed by atoms with Gasteiger partial charge in [0.2, 0.25) is 5.91 Å². The van der Waals surface area contributed by atoms with Gasteiger partial charge in [-0.05, 0) is 71.2 Å². The largest absolute Gasteiger partial charge is 0.444 e. The molecule has 0 aromatic heterocycles. The third-order valence-electron chi connectivity index (χ3n) is 5.08. The number of amides is 4. The number of piperidine rings is 1. The molecule has 0 aliphatic carbocycles. The van der Waals surface area contributed by atoms with Crippen LogP contribution in [0.1, 0.15) is 51.2 Å². The van der Waals surface area contributed by atoms with Gasteiger partial charge in [-0.15, -0.1) is 0 Å². The highest BCUT2D eigenvalue weighted by atomic mass is 16.6. The topological polar surface area (TPSA) is 99.8 Å². The van der Waals surface area contributed by atoms with Gasteiger partial charge in [-0.1, -0.05) is 18.6 Å². The Hall–Kier alpha value is -2.61. The predicted molar refractivity (Wildman–Crippen MR) is 117 cm³/mol. The molecule has 1 atom stereocenters. The first-order valence-electron chi connectivity index (χ1n) is 10.4. The average molecular weight is 419 g/mol. The van der Waals surface area contributed by atoms with Crippen molar-refractivity contribution in [1.29, 1.82) is 0 Å². The molecule has 1 aliphatic heterocycles. The Labute approximate surface area is 178 Å². The van der Waals surface area contributed by atoms with Crippen LogP contribution in [0, 0.1) is 13.8 Å². The van der Waals surface area contributed by atoms with E-state index in [1.54, 1.807) is 6.07 Å². The number of ether oxygens (including phenoxy) is 1. The molecule has 30 heavy (non-hydrogen) atoms. The van der Waals surface area contributed by atoms with Crippen LogP contribution in [0.25, 0.3) is 0 Å². The Bertz CT molecular complexity index is 773. The highest BCUT2D eigenvalue weighted by Gasteiger charge is 2.26. The number of nitrogens with one attached hydrogen (secondary N) is 3. The normalized spacial score (nSPS) is 17.2. The number of anilines is 1. The zero-order valence-electron chi connectivity index (χ0n) is 18.6. The van der Waals surface area contributed by atoms with Crippen LogP contribution in [0.2, 0.25) is 0 Å². The van der Waals surface area contributed by atoms with Crippen molar-refractivity contribution in [2.45, 2.75) is 65.5 Å². The molecule has 1 saturated heterocycles. The van der Waals surface area contributed by atoms with E-state index in [-0.39, 0.29) is 18.5 Å². The van der Waals surface area contributed by atoms with Crippen molar-refractivity contribution in [1.82, 2.24) is 15.5 Å². The lowest BCUT2D eigenvalue weighted by atomic mass is 10.0. The van der Waals surface area contributed by atoms with Crippen LogP contribution in [0.3, 0.4) is 0 Å². The van der Waals surface area contributed by atoms with Gasteiger partial charge in [0, 0.05) is 18.3 Å². The number of nitrogens with zero attached hydrogens (tertiary/aromatic N) is 1. The van der Waals surface area contributed by atoms with Gasteiger partial charge in [0.25, 0.3) is 0 Å². The summed E-state index contributed by atoms with van der Waals surface area (Å²) in [4.78, 5) is 38.5. The second kappa shape index (κ2) is 10.4. The maximum Gasteiger partial charge on any atom is 0.407 e. The quantitative estimate of drug-likeness (QED) is 0.681. The van der Waals surface area contributed by atoms with Crippen LogP contribution in [0.15, 0.2) is 18.2 Å². The molecule has 0 spiro atoms. The summed E-state index contributed by atoms with van der Waals surface area (Å²) >= 11 is 0. The van der Waals surface area contributed by atoms with Gasteiger partial charge >= 0.3 is 12.1 Å². The summed E-state index contributed by atoms with van der Waals surface area (Å²) in [6, 6.07) is 5.10. The smallest absolute Gasteiger partial charge is 0.407 e. The number of rotatable bonds is 5. The van der Waals surface area contributed by atoms with Crippen molar-refractivity contribution < 1.29 is 19.1 Å². The van der Waals surface area contributed by atoms with E-state index in [1.165, 1.54) is 0 Å². The molecular weight excluding hydrogens is 384 g/mol. The fourth-order valence-corrected chi connectivity index (χ4v) is 3.41. The van der Waals surface area contributed by atoms with Gasteiger partial charge in [-0.25, -0.2) is 9.59 Å². The van der Waals surface area contributed by atoms with Crippen LogP contribution in [0.5, 0.6) is 0 Å². The lowest BCUT2D eigenvalue weighted by molar-refractivity contribution is -0.121. The minimum atomic E-state index is -0.556. The van der Waals surface area contributed by atoms with Gasteiger partial charge in [0.05, 0.1) is 6.54 Å². The first-order valence-corrected chi connectivity index (χ1v) is 10.4. The van der Waals surface area contributed by atoms with Crippen molar-refractivity contribution in [3.05, 3.63) is 29.3 Å². The Morgan fingerprint density at radius 2 is 1.90 bits per heavy atom. The third-order valence-corrected chi connectivity index (χ3v) is 5.08. The van der Waals surface area contributed by atoms with Crippen LogP contribution < -0.4 is 16.0 Å². The van der Waals surface area contributed by atoms with Gasteiger partial charge in [0.15, 0.2) is 0 Å². The lowest BCUT2D eigenvalue weighted by Crippen LogP contribution is -2.51. The number of carbonyl (C=O) groups excluding carboxylic acids is 3. The molecule has 0 saturated carbocycles. The van der Waals surface area contributed by atoms with E-state index in [0.717, 1.165) is 36.9 Å². The lowest BCUT2D eigenvalue weighted by Gasteiger charge is -2.35. The van der Waals surface area contributed by atoms with Crippen LogP contribution in [0.4, 0.5) is 15.3 Å². The Morgan fingerprint density at radius 3 is 2.60 bits per heavy atom. The molecule has 8 heteroatoms. The maximum atomic E-state index is 12.4. The van der Waals surface area contributed by atoms with Crippen LogP contribution >= 0.6 is 0 Å². The highest BCUT2D eigenvalue weighted by Crippen LogP contribution is 2.18. The maximum absolute atomic E-state index is 12.4. The van der Waals surface area contributed by atoms with E-state index in [2.05, 4.69) is 16.0 Å². The molecule has 1 unspecified atom stereocenters. The third kappa shape index (κ3) is 7.67. The van der Waals surface area contributed by atoms with E-state index in [9.17, 15) is 14.4 Å². The Kier molecular flexibility index (Phi) is 8.23. The van der Waals surface area contributed by atoms with Gasteiger partial charge in [0.1, 0.15) is 5.60 Å². The molecule has 1 aliphatic rings. The molecular formula is C22H34N4O4. The molecule has 3 N–H and O–H groups in total. The molecule has 1 aromatic carbocycles. The molecule has 1 heterocycles. The van der Waals surface area contributed by atoms with Crippen molar-refractivity contribution in [2.24, 2.45) is 0 Å². The zero-order chi connectivity index (χ0) is 22.3. The Balaban J connectivity index is 1.85. The number of carbonyl (C=O) groups is 3. The number of hydrogen-bond donors (Lipinski definition) is 3. The summed E-state index contributed by atoms with van der Waals surface area (Å²) in [7, 11) is 0. The fourth-order valence-electron chi connectivity index (χ4n) is 3.41. The van der Waals surface area contributed by atoms with Crippen molar-refractivity contribution in [3.8, 4) is 0 Å². The second-order valence-electron chi connectivity index (χ2n) is 8.75. The number of hydrogen-bond acceptors (Lipinski definition) is 5. The molecule has 0 radical (unpaired) electrons. The molecule has 166 valence electrons. The van der Waals surface area contributed by atoms with Gasteiger partial charge in [-0.2, -0.15) is 0 Å². The molecule has 2 rings (SSSR count). The number of benzene rings is 1. The summed E-state index contributed by atoms with van der Waals surface area (Å²) in [6.45, 7) is 10.6. The average Bonchev–Trinajstić information content (AvgIpc) is 2.63. The minimum absolute atomic E-state index is 0.0269. The minimum Gasteiger partial charge on any atom is -0.444 e. The summed E-state index contributed by atoms with van der Waals surface area (Å²) < 4.78 is 5.27. The van der Waals surface area contributed by atoms with Crippen LogP contribution in [-0.2, 0) is 9.53 Å². The second-order valence-corrected chi connectivity index (χ2v) is 8.75. The monoisotopic (exact) mass is 418 g/mol. The fraction of sp³-hybridized carbons (Fsp3) is 0.591. The van der Waals surface area contributed by atoms with Crippen molar-refractivity contribution in [3.63, 3.8) is 0 Å². The number of aryl methyl sites for hydroxylation is 1. The predicted octanol–water partition coefficient (Wildman–Crippen LogP) is 3.33. The molecule has 0 bridgehead atoms. The summed E-state index contributed by atoms with van der Waals surface area (Å²) in [6.07, 6.45) is 2.42. The van der Waals surface area contributed by atoms with Crippen molar-refractivity contribution >= 4 is 23.7 Å². The Morgan fingerprint density at radius 1 is 1.17 bits per heavy atom. The SMILES string of the molecule is Cc1cccc(NC(=O)NC(=O)CN2CCCCC2CNC(=O)OC(C)(C)C)c1C. The number of alkyl carbamates (subject to hydrolysis) is 1. The molecule has 4 amide bonds. The van der Waals surface area contributed by atoms with E-state index in [4.69, 9.17) is 4.74 Å². The number of imide groups is 1. The molecule has 1 fully saturated rings. The summed E-state index contributed by atoms with van der Waals surface area (Å²) in [5.41, 5.74) is 2.15. The summed E-state index contributed by atoms with van der Waals surface area (Å²) in [5.74, 6) is -0.373. The first-order chi connectivity index (χ1) is 14.0. The number of likely N-dealkylation sites (tertiary alicyclic amines) is 1. The summed E-state index contributed by atoms with van der Waals surface area (Å²) in [5, 5.41) is 7.91. The molecule has 1 aromatic rings. The zero-order valence-corrected chi connectivity index (χ0v) is 18.6. The standard InChI is InChI=1S/C22H34N4O4/c1-15-9-8-11-18(16(15)2)24-20(28)25-19(27)14-26-12-7-6-10-17(26)13-23-21(29)30-22(3,4)5/h8-9,11,17H,6-7,10,12-14H2,1-5H3,(H,23,29)(H2,24,25,27,28). The first kappa shape index (κ1) is 23.7. The van der Waals surface area contributed by atoms with E-state index >= 15 is 0 Å². The van der Waals surface area contributed by atoms with Crippen molar-refractivity contribution in [2.75, 3.05) is 25.0 Å². The molecule has 8 nitrogen and oxygen atoms in total. The number of urea groups is 1. The van der Waals surface area contributed by atoms with Crippen LogP contribution in [-0.4, -0.2) is 54.2 Å². The van der Waals surface area contributed by atoms with E-state index in [1.807, 2.05) is 51.7 Å². The van der Waals surface area contributed by atoms with E-state index < -0.39 is 17.7 Å². The van der Waals surface area contributed by atoms with E-state index in [0.29, 0.717) is 12.2 Å². The van der Waals surface area contributed by atoms with Gasteiger partial charge in [-0.3, -0.25) is 15.0 Å². The van der Waals surface area contributed by atoms with Gasteiger partial charge < -0.3 is 15.4 Å². The highest BCUT2D eigenvalue weighted by molar-refractivity contribution is 6.02.